The molecule has 2 aromatic carbocycles. The Balaban J connectivity index is 1.39. The Morgan fingerprint density at radius 3 is 2.88 bits per heavy atom. The summed E-state index contributed by atoms with van der Waals surface area (Å²) in [4.78, 5) is 16.2. The zero-order chi connectivity index (χ0) is 17.9. The van der Waals surface area contributed by atoms with E-state index in [4.69, 9.17) is 4.74 Å². The van der Waals surface area contributed by atoms with Crippen LogP contribution in [0.3, 0.4) is 0 Å². The number of aromatic nitrogens is 1. The van der Waals surface area contributed by atoms with Gasteiger partial charge in [0.15, 0.2) is 0 Å². The molecule has 3 aromatic rings. The molecule has 1 aromatic heterocycles. The highest BCUT2D eigenvalue weighted by Crippen LogP contribution is 2.31. The number of rotatable bonds is 5. The topological polar surface area (TPSA) is 54.1 Å². The fourth-order valence-electron chi connectivity index (χ4n) is 3.97. The summed E-state index contributed by atoms with van der Waals surface area (Å²) in [7, 11) is 1.68. The van der Waals surface area contributed by atoms with Gasteiger partial charge in [-0.1, -0.05) is 36.4 Å². The van der Waals surface area contributed by atoms with Gasteiger partial charge in [-0.2, -0.15) is 0 Å². The predicted octanol–water partition coefficient (Wildman–Crippen LogP) is 3.64. The van der Waals surface area contributed by atoms with Gasteiger partial charge in [0.2, 0.25) is 5.91 Å². The van der Waals surface area contributed by atoms with E-state index in [2.05, 4.69) is 28.5 Å². The van der Waals surface area contributed by atoms with Gasteiger partial charge in [0.25, 0.3) is 0 Å². The second-order valence-electron chi connectivity index (χ2n) is 6.92. The van der Waals surface area contributed by atoms with Crippen LogP contribution in [-0.2, 0) is 24.1 Å². The highest BCUT2D eigenvalue weighted by atomic mass is 16.5. The molecule has 0 bridgehead atoms. The first-order valence-corrected chi connectivity index (χ1v) is 9.24. The van der Waals surface area contributed by atoms with Crippen molar-refractivity contribution >= 4 is 16.8 Å². The molecule has 0 saturated carbocycles. The molecule has 134 valence electrons. The maximum Gasteiger partial charge on any atom is 0.223 e. The molecule has 1 aliphatic carbocycles. The van der Waals surface area contributed by atoms with E-state index >= 15 is 0 Å². The van der Waals surface area contributed by atoms with Crippen LogP contribution >= 0.6 is 0 Å². The molecule has 1 aliphatic rings. The quantitative estimate of drug-likeness (QED) is 0.740. The molecule has 0 radical (unpaired) electrons. The summed E-state index contributed by atoms with van der Waals surface area (Å²) in [6, 6.07) is 16.3. The fourth-order valence-corrected chi connectivity index (χ4v) is 3.97. The van der Waals surface area contributed by atoms with Crippen molar-refractivity contribution in [2.24, 2.45) is 5.92 Å². The maximum atomic E-state index is 12.7. The van der Waals surface area contributed by atoms with Crippen molar-refractivity contribution in [3.05, 3.63) is 65.4 Å². The lowest BCUT2D eigenvalue weighted by atomic mass is 9.86. The molecular weight excluding hydrogens is 324 g/mol. The smallest absolute Gasteiger partial charge is 0.223 e. The number of benzene rings is 2. The van der Waals surface area contributed by atoms with Crippen molar-refractivity contribution in [1.82, 2.24) is 10.3 Å². The number of methoxy groups -OCH3 is 1. The van der Waals surface area contributed by atoms with E-state index < -0.39 is 0 Å². The number of H-pyrrole nitrogens is 1. The fraction of sp³-hybridized carbons (Fsp3) is 0.318. The second kappa shape index (κ2) is 7.24. The van der Waals surface area contributed by atoms with Gasteiger partial charge in [-0.25, -0.2) is 0 Å². The standard InChI is InChI=1S/C22H24N2O2/c1-26-21-9-5-2-6-15(21)12-13-23-22(25)16-10-11-20-18(14-16)17-7-3-4-8-19(17)24-20/h2-9,16,24H,10-14H2,1H3,(H,23,25). The van der Waals surface area contributed by atoms with Crippen molar-refractivity contribution in [3.8, 4) is 5.75 Å². The molecular formula is C22H24N2O2. The molecule has 0 saturated heterocycles. The van der Waals surface area contributed by atoms with E-state index in [1.807, 2.05) is 30.3 Å². The largest absolute Gasteiger partial charge is 0.496 e. The van der Waals surface area contributed by atoms with Crippen LogP contribution in [0.4, 0.5) is 0 Å². The van der Waals surface area contributed by atoms with E-state index in [1.165, 1.54) is 22.2 Å². The molecule has 1 atom stereocenters. The second-order valence-corrected chi connectivity index (χ2v) is 6.92. The van der Waals surface area contributed by atoms with Gasteiger partial charge in [0.05, 0.1) is 7.11 Å². The normalized spacial score (nSPS) is 16.3. The third-order valence-corrected chi connectivity index (χ3v) is 5.35. The lowest BCUT2D eigenvalue weighted by molar-refractivity contribution is -0.125. The average molecular weight is 348 g/mol. The molecule has 0 fully saturated rings. The first-order chi connectivity index (χ1) is 12.8. The summed E-state index contributed by atoms with van der Waals surface area (Å²) in [5.74, 6) is 1.10. The van der Waals surface area contributed by atoms with Gasteiger partial charge in [-0.15, -0.1) is 0 Å². The number of hydrogen-bond acceptors (Lipinski definition) is 2. The van der Waals surface area contributed by atoms with Gasteiger partial charge >= 0.3 is 0 Å². The third kappa shape index (κ3) is 3.19. The van der Waals surface area contributed by atoms with Crippen LogP contribution in [0.5, 0.6) is 5.75 Å². The van der Waals surface area contributed by atoms with Crippen LogP contribution in [0.1, 0.15) is 23.2 Å². The van der Waals surface area contributed by atoms with Crippen LogP contribution in [-0.4, -0.2) is 24.5 Å². The zero-order valence-electron chi connectivity index (χ0n) is 15.0. The van der Waals surface area contributed by atoms with Crippen molar-refractivity contribution in [3.63, 3.8) is 0 Å². The Labute approximate surface area is 153 Å². The van der Waals surface area contributed by atoms with Crippen molar-refractivity contribution in [2.45, 2.75) is 25.7 Å². The van der Waals surface area contributed by atoms with E-state index in [0.29, 0.717) is 6.54 Å². The Hall–Kier alpha value is -2.75. The summed E-state index contributed by atoms with van der Waals surface area (Å²) in [5, 5.41) is 4.38. The van der Waals surface area contributed by atoms with Crippen molar-refractivity contribution < 1.29 is 9.53 Å². The van der Waals surface area contributed by atoms with Crippen LogP contribution in [0.25, 0.3) is 10.9 Å². The van der Waals surface area contributed by atoms with Crippen LogP contribution < -0.4 is 10.1 Å². The Bertz CT molecular complexity index is 929. The lowest BCUT2D eigenvalue weighted by Gasteiger charge is -2.22. The molecule has 2 N–H and O–H groups in total. The Morgan fingerprint density at radius 2 is 2.00 bits per heavy atom. The summed E-state index contributed by atoms with van der Waals surface area (Å²) in [6.07, 6.45) is 3.44. The third-order valence-electron chi connectivity index (χ3n) is 5.35. The number of aryl methyl sites for hydroxylation is 1. The zero-order valence-corrected chi connectivity index (χ0v) is 15.0. The molecule has 26 heavy (non-hydrogen) atoms. The van der Waals surface area contributed by atoms with E-state index in [9.17, 15) is 4.79 Å². The van der Waals surface area contributed by atoms with Crippen molar-refractivity contribution in [1.29, 1.82) is 0 Å². The summed E-state index contributed by atoms with van der Waals surface area (Å²) < 4.78 is 5.37. The average Bonchev–Trinajstić information content (AvgIpc) is 3.06. The Kier molecular flexibility index (Phi) is 4.65. The minimum absolute atomic E-state index is 0.0550. The number of carbonyl (C=O) groups is 1. The van der Waals surface area contributed by atoms with E-state index in [0.717, 1.165) is 37.0 Å². The number of carbonyl (C=O) groups excluding carboxylic acids is 1. The number of ether oxygens (including phenoxy) is 1. The highest BCUT2D eigenvalue weighted by Gasteiger charge is 2.27. The van der Waals surface area contributed by atoms with Gasteiger partial charge in [0, 0.05) is 29.1 Å². The molecule has 1 amide bonds. The van der Waals surface area contributed by atoms with Crippen LogP contribution in [0, 0.1) is 5.92 Å². The van der Waals surface area contributed by atoms with Crippen LogP contribution in [0.2, 0.25) is 0 Å². The molecule has 4 rings (SSSR count). The highest BCUT2D eigenvalue weighted by molar-refractivity contribution is 5.87. The van der Waals surface area contributed by atoms with Crippen LogP contribution in [0.15, 0.2) is 48.5 Å². The van der Waals surface area contributed by atoms with Gasteiger partial charge < -0.3 is 15.0 Å². The van der Waals surface area contributed by atoms with E-state index in [-0.39, 0.29) is 11.8 Å². The number of fused-ring (bicyclic) bond motifs is 3. The maximum absolute atomic E-state index is 12.7. The molecule has 4 heteroatoms. The number of para-hydroxylation sites is 2. The first-order valence-electron chi connectivity index (χ1n) is 9.24. The van der Waals surface area contributed by atoms with Gasteiger partial charge in [-0.3, -0.25) is 4.79 Å². The SMILES string of the molecule is COc1ccccc1CCNC(=O)C1CCc2[nH]c3ccccc3c2C1. The molecule has 1 unspecified atom stereocenters. The molecule has 0 aliphatic heterocycles. The summed E-state index contributed by atoms with van der Waals surface area (Å²) in [6.45, 7) is 0.635. The predicted molar refractivity (Wildman–Crippen MR) is 104 cm³/mol. The molecule has 1 heterocycles. The summed E-state index contributed by atoms with van der Waals surface area (Å²) >= 11 is 0. The minimum atomic E-state index is 0.0550. The van der Waals surface area contributed by atoms with Crippen molar-refractivity contribution in [2.75, 3.05) is 13.7 Å². The minimum Gasteiger partial charge on any atom is -0.496 e. The number of nitrogens with one attached hydrogen (secondary N) is 2. The molecule has 4 nitrogen and oxygen atoms in total. The first kappa shape index (κ1) is 16.7. The lowest BCUT2D eigenvalue weighted by Crippen LogP contribution is -2.35. The number of amides is 1. The molecule has 0 spiro atoms. The number of aromatic amines is 1. The summed E-state index contributed by atoms with van der Waals surface area (Å²) in [5.41, 5.74) is 4.91. The monoisotopic (exact) mass is 348 g/mol. The van der Waals surface area contributed by atoms with E-state index in [1.54, 1.807) is 7.11 Å². The van der Waals surface area contributed by atoms with Gasteiger partial charge in [0.1, 0.15) is 5.75 Å². The number of hydrogen-bond donors (Lipinski definition) is 2. The van der Waals surface area contributed by atoms with Gasteiger partial charge in [-0.05, 0) is 48.9 Å². The Morgan fingerprint density at radius 1 is 1.19 bits per heavy atom.